The van der Waals surface area contributed by atoms with E-state index in [-0.39, 0.29) is 11.9 Å². The number of carbonyl (C=O) groups excluding carboxylic acids is 2. The second kappa shape index (κ2) is 6.58. The zero-order chi connectivity index (χ0) is 13.7. The topological polar surface area (TPSA) is 67.9 Å². The summed E-state index contributed by atoms with van der Waals surface area (Å²) < 4.78 is 9.69. The van der Waals surface area contributed by atoms with Crippen molar-refractivity contribution in [3.63, 3.8) is 0 Å². The molecular formula is C12H22N2O4. The molecule has 1 N–H and O–H groups in total. The van der Waals surface area contributed by atoms with Crippen molar-refractivity contribution >= 4 is 12.0 Å². The summed E-state index contributed by atoms with van der Waals surface area (Å²) in [6, 6.07) is -0.494. The molecule has 1 heterocycles. The van der Waals surface area contributed by atoms with Gasteiger partial charge in [-0.3, -0.25) is 4.79 Å². The molecule has 0 aromatic heterocycles. The van der Waals surface area contributed by atoms with Gasteiger partial charge in [0.2, 0.25) is 5.91 Å². The fourth-order valence-electron chi connectivity index (χ4n) is 2.14. The molecule has 6 nitrogen and oxygen atoms in total. The van der Waals surface area contributed by atoms with Crippen molar-refractivity contribution in [2.24, 2.45) is 0 Å². The summed E-state index contributed by atoms with van der Waals surface area (Å²) in [6.07, 6.45) is 0.977. The molecule has 0 aliphatic carbocycles. The number of carbonyl (C=O) groups is 2. The third-order valence-corrected chi connectivity index (χ3v) is 3.40. The Hall–Kier alpha value is -1.30. The molecule has 0 radical (unpaired) electrons. The number of amides is 2. The standard InChI is InChI=1S/C12H22N2O4/c1-8-6-5-7-14(8)11(15)10(9(2)17-3)13-12(16)18-4/h8-10H,5-7H2,1-4H3,(H,13,16)/t8-,9+,10+/m1/s1. The average molecular weight is 258 g/mol. The third-order valence-electron chi connectivity index (χ3n) is 3.40. The van der Waals surface area contributed by atoms with Crippen LogP contribution in [-0.2, 0) is 14.3 Å². The molecule has 0 unspecified atom stereocenters. The van der Waals surface area contributed by atoms with Gasteiger partial charge in [0.05, 0.1) is 13.2 Å². The van der Waals surface area contributed by atoms with E-state index in [0.717, 1.165) is 19.4 Å². The highest BCUT2D eigenvalue weighted by molar-refractivity contribution is 5.86. The number of hydrogen-bond donors (Lipinski definition) is 1. The maximum absolute atomic E-state index is 12.4. The summed E-state index contributed by atoms with van der Waals surface area (Å²) in [6.45, 7) is 4.49. The minimum absolute atomic E-state index is 0.111. The lowest BCUT2D eigenvalue weighted by Gasteiger charge is -2.29. The Balaban J connectivity index is 2.75. The predicted octanol–water partition coefficient (Wildman–Crippen LogP) is 0.757. The molecule has 1 aliphatic rings. The van der Waals surface area contributed by atoms with Gasteiger partial charge in [-0.15, -0.1) is 0 Å². The summed E-state index contributed by atoms with van der Waals surface area (Å²) in [5.74, 6) is -0.111. The number of methoxy groups -OCH3 is 2. The van der Waals surface area contributed by atoms with E-state index < -0.39 is 18.2 Å². The van der Waals surface area contributed by atoms with Crippen molar-refractivity contribution in [3.05, 3.63) is 0 Å². The maximum atomic E-state index is 12.4. The molecule has 18 heavy (non-hydrogen) atoms. The van der Waals surface area contributed by atoms with Gasteiger partial charge >= 0.3 is 6.09 Å². The zero-order valence-electron chi connectivity index (χ0n) is 11.4. The van der Waals surface area contributed by atoms with Crippen LogP contribution in [0, 0.1) is 0 Å². The molecule has 0 aromatic carbocycles. The first-order valence-electron chi connectivity index (χ1n) is 6.19. The lowest BCUT2D eigenvalue weighted by atomic mass is 10.1. The van der Waals surface area contributed by atoms with Gasteiger partial charge < -0.3 is 19.7 Å². The van der Waals surface area contributed by atoms with Crippen molar-refractivity contribution in [1.82, 2.24) is 10.2 Å². The molecule has 0 spiro atoms. The number of likely N-dealkylation sites (tertiary alicyclic amines) is 1. The number of nitrogens with zero attached hydrogens (tertiary/aromatic N) is 1. The van der Waals surface area contributed by atoms with Crippen LogP contribution in [0.15, 0.2) is 0 Å². The summed E-state index contributed by atoms with van der Waals surface area (Å²) >= 11 is 0. The van der Waals surface area contributed by atoms with Gasteiger partial charge in [-0.1, -0.05) is 0 Å². The number of ether oxygens (including phenoxy) is 2. The molecule has 2 amide bonds. The summed E-state index contributed by atoms with van der Waals surface area (Å²) in [5, 5.41) is 2.54. The van der Waals surface area contributed by atoms with E-state index in [2.05, 4.69) is 10.1 Å². The van der Waals surface area contributed by atoms with Gasteiger partial charge in [-0.2, -0.15) is 0 Å². The lowest BCUT2D eigenvalue weighted by molar-refractivity contribution is -0.137. The number of rotatable bonds is 4. The Morgan fingerprint density at radius 2 is 2.06 bits per heavy atom. The normalized spacial score (nSPS) is 22.4. The van der Waals surface area contributed by atoms with Crippen LogP contribution in [0.4, 0.5) is 4.79 Å². The average Bonchev–Trinajstić information content (AvgIpc) is 2.80. The van der Waals surface area contributed by atoms with Gasteiger partial charge in [0, 0.05) is 19.7 Å². The number of nitrogens with one attached hydrogen (secondary N) is 1. The molecule has 1 aliphatic heterocycles. The highest BCUT2D eigenvalue weighted by atomic mass is 16.5. The SMILES string of the molecule is COC(=O)N[C@H](C(=O)N1CCC[C@H]1C)[C@H](C)OC. The van der Waals surface area contributed by atoms with Gasteiger partial charge in [-0.05, 0) is 26.7 Å². The number of hydrogen-bond acceptors (Lipinski definition) is 4. The Labute approximate surface area is 108 Å². The van der Waals surface area contributed by atoms with Crippen molar-refractivity contribution < 1.29 is 19.1 Å². The fraction of sp³-hybridized carbons (Fsp3) is 0.833. The smallest absolute Gasteiger partial charge is 0.407 e. The van der Waals surface area contributed by atoms with Crippen molar-refractivity contribution in [2.75, 3.05) is 20.8 Å². The molecule has 0 saturated carbocycles. The first-order valence-corrected chi connectivity index (χ1v) is 6.19. The lowest BCUT2D eigenvalue weighted by Crippen LogP contribution is -2.54. The molecule has 1 fully saturated rings. The first kappa shape index (κ1) is 14.8. The van der Waals surface area contributed by atoms with Crippen molar-refractivity contribution in [2.45, 2.75) is 44.9 Å². The maximum Gasteiger partial charge on any atom is 0.407 e. The first-order chi connectivity index (χ1) is 8.51. The Bertz CT molecular complexity index is 308. The molecule has 1 saturated heterocycles. The molecule has 1 rings (SSSR count). The predicted molar refractivity (Wildman–Crippen MR) is 66.2 cm³/mol. The van der Waals surface area contributed by atoms with Crippen LogP contribution in [0.5, 0.6) is 0 Å². The van der Waals surface area contributed by atoms with E-state index in [0.29, 0.717) is 0 Å². The summed E-state index contributed by atoms with van der Waals surface area (Å²) in [7, 11) is 2.78. The molecule has 0 bridgehead atoms. The second-order valence-corrected chi connectivity index (χ2v) is 4.58. The van der Waals surface area contributed by atoms with Crippen LogP contribution in [0.2, 0.25) is 0 Å². The zero-order valence-corrected chi connectivity index (χ0v) is 11.4. The second-order valence-electron chi connectivity index (χ2n) is 4.58. The molecule has 6 heteroatoms. The van der Waals surface area contributed by atoms with E-state index in [1.54, 1.807) is 11.8 Å². The summed E-state index contributed by atoms with van der Waals surface area (Å²) in [5.41, 5.74) is 0. The minimum Gasteiger partial charge on any atom is -0.453 e. The number of alkyl carbamates (subject to hydrolysis) is 1. The Morgan fingerprint density at radius 3 is 2.50 bits per heavy atom. The monoisotopic (exact) mass is 258 g/mol. The van der Waals surface area contributed by atoms with Crippen LogP contribution in [0.3, 0.4) is 0 Å². The van der Waals surface area contributed by atoms with Gasteiger partial charge in [0.1, 0.15) is 6.04 Å². The molecular weight excluding hydrogens is 236 g/mol. The van der Waals surface area contributed by atoms with Crippen LogP contribution in [0.25, 0.3) is 0 Å². The highest BCUT2D eigenvalue weighted by Crippen LogP contribution is 2.18. The molecule has 0 aromatic rings. The van der Waals surface area contributed by atoms with Crippen LogP contribution < -0.4 is 5.32 Å². The van der Waals surface area contributed by atoms with Crippen LogP contribution in [0.1, 0.15) is 26.7 Å². The summed E-state index contributed by atoms with van der Waals surface area (Å²) in [4.78, 5) is 25.5. The molecule has 3 atom stereocenters. The van der Waals surface area contributed by atoms with Crippen molar-refractivity contribution in [3.8, 4) is 0 Å². The quantitative estimate of drug-likeness (QED) is 0.808. The van der Waals surface area contributed by atoms with Gasteiger partial charge in [0.25, 0.3) is 0 Å². The largest absolute Gasteiger partial charge is 0.453 e. The Morgan fingerprint density at radius 1 is 1.39 bits per heavy atom. The third kappa shape index (κ3) is 3.35. The van der Waals surface area contributed by atoms with Crippen molar-refractivity contribution in [1.29, 1.82) is 0 Å². The highest BCUT2D eigenvalue weighted by Gasteiger charge is 2.35. The van der Waals surface area contributed by atoms with Crippen LogP contribution in [-0.4, -0.2) is 55.9 Å². The van der Waals surface area contributed by atoms with E-state index in [1.807, 2.05) is 6.92 Å². The van der Waals surface area contributed by atoms with Gasteiger partial charge in [-0.25, -0.2) is 4.79 Å². The Kier molecular flexibility index (Phi) is 5.40. The van der Waals surface area contributed by atoms with E-state index in [4.69, 9.17) is 4.74 Å². The van der Waals surface area contributed by atoms with Gasteiger partial charge in [0.15, 0.2) is 0 Å². The fourth-order valence-corrected chi connectivity index (χ4v) is 2.14. The minimum atomic E-state index is -0.706. The molecule has 104 valence electrons. The van der Waals surface area contributed by atoms with E-state index >= 15 is 0 Å². The van der Waals surface area contributed by atoms with E-state index in [1.165, 1.54) is 14.2 Å². The van der Waals surface area contributed by atoms with E-state index in [9.17, 15) is 9.59 Å². The van der Waals surface area contributed by atoms with Crippen LogP contribution >= 0.6 is 0 Å².